The Balaban J connectivity index is 2.03. The minimum Gasteiger partial charge on any atom is -0.317 e. The van der Waals surface area contributed by atoms with Crippen molar-refractivity contribution in [1.82, 2.24) is 9.55 Å². The summed E-state index contributed by atoms with van der Waals surface area (Å²) >= 11 is 1.33. The molecule has 0 fully saturated rings. The summed E-state index contributed by atoms with van der Waals surface area (Å²) < 4.78 is 41.5. The number of aromatic nitrogens is 2. The molecule has 0 aliphatic rings. The van der Waals surface area contributed by atoms with Crippen molar-refractivity contribution in [3.63, 3.8) is 0 Å². The Morgan fingerprint density at radius 1 is 1.19 bits per heavy atom. The molecule has 2 aromatic heterocycles. The third-order valence-corrected chi connectivity index (χ3v) is 4.80. The molecular formula is C18H16F3N3OS. The lowest BCUT2D eigenvalue weighted by Crippen LogP contribution is -2.14. The monoisotopic (exact) mass is 379 g/mol. The summed E-state index contributed by atoms with van der Waals surface area (Å²) in [5.41, 5.74) is 0.542. The van der Waals surface area contributed by atoms with Gasteiger partial charge in [0.1, 0.15) is 0 Å². The van der Waals surface area contributed by atoms with E-state index in [9.17, 15) is 18.0 Å². The highest BCUT2D eigenvalue weighted by atomic mass is 32.1. The number of nitrogens with zero attached hydrogens (tertiary/aromatic N) is 2. The van der Waals surface area contributed by atoms with Gasteiger partial charge in [-0.25, -0.2) is 4.98 Å². The fourth-order valence-electron chi connectivity index (χ4n) is 2.85. The molecule has 2 heterocycles. The first-order valence-corrected chi connectivity index (χ1v) is 8.59. The topological polar surface area (TPSA) is 46.9 Å². The number of hydrogen-bond donors (Lipinski definition) is 1. The number of amides is 1. The van der Waals surface area contributed by atoms with Gasteiger partial charge in [-0.05, 0) is 39.0 Å². The highest BCUT2D eigenvalue weighted by Crippen LogP contribution is 2.35. The van der Waals surface area contributed by atoms with Crippen LogP contribution in [0.2, 0.25) is 0 Å². The van der Waals surface area contributed by atoms with Crippen LogP contribution in [0.4, 0.5) is 18.3 Å². The Kier molecular flexibility index (Phi) is 4.62. The second-order valence-corrected chi connectivity index (χ2v) is 7.10. The van der Waals surface area contributed by atoms with Gasteiger partial charge >= 0.3 is 6.18 Å². The third-order valence-electron chi connectivity index (χ3n) is 3.97. The molecule has 0 spiro atoms. The van der Waals surface area contributed by atoms with Crippen molar-refractivity contribution in [3.05, 3.63) is 63.9 Å². The first-order chi connectivity index (χ1) is 12.2. The third kappa shape index (κ3) is 3.37. The van der Waals surface area contributed by atoms with Crippen molar-refractivity contribution in [3.8, 4) is 5.69 Å². The largest absolute Gasteiger partial charge is 0.418 e. The lowest BCUT2D eigenvalue weighted by molar-refractivity contribution is -0.137. The molecule has 4 nitrogen and oxygen atoms in total. The fraction of sp³-hybridized carbons (Fsp3) is 0.222. The van der Waals surface area contributed by atoms with Gasteiger partial charge in [-0.15, -0.1) is 11.3 Å². The van der Waals surface area contributed by atoms with E-state index in [1.165, 1.54) is 28.0 Å². The Hall–Kier alpha value is -2.61. The molecule has 0 aliphatic heterocycles. The number of halogens is 3. The number of aryl methyl sites for hydroxylation is 2. The van der Waals surface area contributed by atoms with Crippen molar-refractivity contribution in [2.45, 2.75) is 26.9 Å². The molecule has 136 valence electrons. The molecule has 0 saturated heterocycles. The molecule has 3 rings (SSSR count). The first-order valence-electron chi connectivity index (χ1n) is 7.78. The second kappa shape index (κ2) is 6.60. The quantitative estimate of drug-likeness (QED) is 0.686. The normalized spacial score (nSPS) is 11.6. The van der Waals surface area contributed by atoms with Crippen molar-refractivity contribution < 1.29 is 18.0 Å². The standard InChI is InChI=1S/C18H16F3N3OS/c1-10-8-13(16(25)23-17-22-9-11(2)26-17)12(3)24(10)15-7-5-4-6-14(15)18(19,20)21/h4-9H,1-3H3,(H,22,23,25). The maximum absolute atomic E-state index is 13.4. The van der Waals surface area contributed by atoms with Crippen LogP contribution in [0.1, 0.15) is 32.2 Å². The summed E-state index contributed by atoms with van der Waals surface area (Å²) in [7, 11) is 0. The molecule has 0 aliphatic carbocycles. The van der Waals surface area contributed by atoms with E-state index in [4.69, 9.17) is 0 Å². The average Bonchev–Trinajstić information content (AvgIpc) is 3.09. The van der Waals surface area contributed by atoms with Crippen LogP contribution in [-0.4, -0.2) is 15.5 Å². The zero-order valence-corrected chi connectivity index (χ0v) is 15.1. The Morgan fingerprint density at radius 2 is 1.88 bits per heavy atom. The number of anilines is 1. The van der Waals surface area contributed by atoms with Crippen molar-refractivity contribution >= 4 is 22.4 Å². The smallest absolute Gasteiger partial charge is 0.317 e. The van der Waals surface area contributed by atoms with Crippen LogP contribution in [0.5, 0.6) is 0 Å². The van der Waals surface area contributed by atoms with Gasteiger partial charge in [-0.3, -0.25) is 10.1 Å². The number of hydrogen-bond acceptors (Lipinski definition) is 3. The lowest BCUT2D eigenvalue weighted by Gasteiger charge is -2.16. The number of benzene rings is 1. The lowest BCUT2D eigenvalue weighted by atomic mass is 10.1. The molecule has 0 unspecified atom stereocenters. The van der Waals surface area contributed by atoms with Gasteiger partial charge in [0, 0.05) is 22.5 Å². The molecule has 3 aromatic rings. The molecule has 0 bridgehead atoms. The molecular weight excluding hydrogens is 363 g/mol. The van der Waals surface area contributed by atoms with E-state index in [-0.39, 0.29) is 5.69 Å². The molecule has 1 amide bonds. The molecule has 26 heavy (non-hydrogen) atoms. The summed E-state index contributed by atoms with van der Waals surface area (Å²) in [5.74, 6) is -0.400. The molecule has 1 N–H and O–H groups in total. The van der Waals surface area contributed by atoms with Gasteiger partial charge in [0.15, 0.2) is 5.13 Å². The van der Waals surface area contributed by atoms with Crippen molar-refractivity contribution in [2.75, 3.05) is 5.32 Å². The van der Waals surface area contributed by atoms with Gasteiger partial charge < -0.3 is 4.57 Å². The Bertz CT molecular complexity index is 972. The van der Waals surface area contributed by atoms with E-state index in [2.05, 4.69) is 10.3 Å². The van der Waals surface area contributed by atoms with Crippen LogP contribution in [-0.2, 0) is 6.18 Å². The minimum atomic E-state index is -4.49. The average molecular weight is 379 g/mol. The highest BCUT2D eigenvalue weighted by Gasteiger charge is 2.34. The number of rotatable bonds is 3. The summed E-state index contributed by atoms with van der Waals surface area (Å²) in [5, 5.41) is 3.14. The zero-order chi connectivity index (χ0) is 19.1. The van der Waals surface area contributed by atoms with Crippen LogP contribution in [0.15, 0.2) is 36.5 Å². The maximum Gasteiger partial charge on any atom is 0.418 e. The number of carbonyl (C=O) groups is 1. The van der Waals surface area contributed by atoms with E-state index >= 15 is 0 Å². The summed E-state index contributed by atoms with van der Waals surface area (Å²) in [6.07, 6.45) is -2.84. The zero-order valence-electron chi connectivity index (χ0n) is 14.3. The predicted molar refractivity (Wildman–Crippen MR) is 95.0 cm³/mol. The van der Waals surface area contributed by atoms with Crippen molar-refractivity contribution in [2.24, 2.45) is 0 Å². The second-order valence-electron chi connectivity index (χ2n) is 5.87. The molecule has 0 saturated carbocycles. The first kappa shape index (κ1) is 18.2. The van der Waals surface area contributed by atoms with Crippen LogP contribution in [0, 0.1) is 20.8 Å². The molecule has 0 atom stereocenters. The molecule has 8 heteroatoms. The Labute approximate surface area is 152 Å². The van der Waals surface area contributed by atoms with E-state index in [0.29, 0.717) is 22.1 Å². The van der Waals surface area contributed by atoms with Gasteiger partial charge in [0.2, 0.25) is 0 Å². The van der Waals surface area contributed by atoms with Gasteiger partial charge in [-0.1, -0.05) is 12.1 Å². The Morgan fingerprint density at radius 3 is 2.50 bits per heavy atom. The number of thiazole rings is 1. The van der Waals surface area contributed by atoms with Gasteiger partial charge in [0.05, 0.1) is 16.8 Å². The van der Waals surface area contributed by atoms with Gasteiger partial charge in [0.25, 0.3) is 5.91 Å². The van der Waals surface area contributed by atoms with E-state index in [0.717, 1.165) is 10.9 Å². The fourth-order valence-corrected chi connectivity index (χ4v) is 3.51. The van der Waals surface area contributed by atoms with E-state index < -0.39 is 17.6 Å². The van der Waals surface area contributed by atoms with Crippen molar-refractivity contribution in [1.29, 1.82) is 0 Å². The number of nitrogens with one attached hydrogen (secondary N) is 1. The maximum atomic E-state index is 13.4. The summed E-state index contributed by atoms with van der Waals surface area (Å²) in [6, 6.07) is 6.90. The molecule has 1 aromatic carbocycles. The number of alkyl halides is 3. The summed E-state index contributed by atoms with van der Waals surface area (Å²) in [6.45, 7) is 5.17. The van der Waals surface area contributed by atoms with Crippen LogP contribution >= 0.6 is 11.3 Å². The minimum absolute atomic E-state index is 0.000793. The highest BCUT2D eigenvalue weighted by molar-refractivity contribution is 7.15. The summed E-state index contributed by atoms with van der Waals surface area (Å²) in [4.78, 5) is 17.6. The van der Waals surface area contributed by atoms with Crippen LogP contribution < -0.4 is 5.32 Å². The number of carbonyl (C=O) groups excluding carboxylic acids is 1. The van der Waals surface area contributed by atoms with E-state index in [1.54, 1.807) is 32.2 Å². The van der Waals surface area contributed by atoms with Crippen LogP contribution in [0.25, 0.3) is 5.69 Å². The number of para-hydroxylation sites is 1. The SMILES string of the molecule is Cc1cnc(NC(=O)c2cc(C)n(-c3ccccc3C(F)(F)F)c2C)s1. The van der Waals surface area contributed by atoms with E-state index in [1.807, 2.05) is 6.92 Å². The van der Waals surface area contributed by atoms with Crippen LogP contribution in [0.3, 0.4) is 0 Å². The molecule has 0 radical (unpaired) electrons. The van der Waals surface area contributed by atoms with Gasteiger partial charge in [-0.2, -0.15) is 13.2 Å². The predicted octanol–water partition coefficient (Wildman–Crippen LogP) is 5.13.